The highest BCUT2D eigenvalue weighted by molar-refractivity contribution is 5.51. The van der Waals surface area contributed by atoms with Gasteiger partial charge in [0.1, 0.15) is 17.3 Å². The maximum absolute atomic E-state index is 14.0. The first-order chi connectivity index (χ1) is 8.52. The fourth-order valence-electron chi connectivity index (χ4n) is 2.72. The van der Waals surface area contributed by atoms with Gasteiger partial charge in [-0.25, -0.2) is 8.78 Å². The highest BCUT2D eigenvalue weighted by atomic mass is 19.1. The Morgan fingerprint density at radius 2 is 1.89 bits per heavy atom. The summed E-state index contributed by atoms with van der Waals surface area (Å²) in [5.74, 6) is -0.569. The molecule has 0 aromatic heterocycles. The van der Waals surface area contributed by atoms with Crippen molar-refractivity contribution in [1.82, 2.24) is 0 Å². The average molecular weight is 255 g/mol. The van der Waals surface area contributed by atoms with Crippen molar-refractivity contribution >= 4 is 5.69 Å². The number of aliphatic hydroxyl groups excluding tert-OH is 1. The van der Waals surface area contributed by atoms with Crippen LogP contribution in [0.5, 0.6) is 0 Å². The van der Waals surface area contributed by atoms with Gasteiger partial charge in [0.2, 0.25) is 0 Å². The summed E-state index contributed by atoms with van der Waals surface area (Å²) in [4.78, 5) is 1.80. The lowest BCUT2D eigenvalue weighted by Gasteiger charge is -2.38. The third-order valence-electron chi connectivity index (χ3n) is 3.68. The Labute approximate surface area is 106 Å². The van der Waals surface area contributed by atoms with Crippen LogP contribution in [-0.4, -0.2) is 17.7 Å². The van der Waals surface area contributed by atoms with Gasteiger partial charge >= 0.3 is 0 Å². The smallest absolute Gasteiger partial charge is 0.149 e. The zero-order chi connectivity index (χ0) is 13.3. The van der Waals surface area contributed by atoms with E-state index >= 15 is 0 Å². The molecule has 0 aliphatic carbocycles. The Morgan fingerprint density at radius 1 is 1.28 bits per heavy atom. The molecule has 1 aliphatic heterocycles. The molecule has 2 nitrogen and oxygen atoms in total. The van der Waals surface area contributed by atoms with Crippen molar-refractivity contribution < 1.29 is 13.9 Å². The molecule has 2 unspecified atom stereocenters. The Kier molecular flexibility index (Phi) is 3.85. The molecule has 1 aromatic carbocycles. The van der Waals surface area contributed by atoms with Gasteiger partial charge in [0.15, 0.2) is 0 Å². The van der Waals surface area contributed by atoms with Crippen molar-refractivity contribution in [2.24, 2.45) is 5.92 Å². The van der Waals surface area contributed by atoms with Gasteiger partial charge in [-0.05, 0) is 43.4 Å². The van der Waals surface area contributed by atoms with Gasteiger partial charge in [-0.2, -0.15) is 0 Å². The monoisotopic (exact) mass is 255 g/mol. The van der Waals surface area contributed by atoms with Gasteiger partial charge in [-0.15, -0.1) is 0 Å². The molecular formula is C14H19F2NO. The van der Waals surface area contributed by atoms with Crippen LogP contribution in [0.2, 0.25) is 0 Å². The molecule has 0 bridgehead atoms. The molecule has 0 radical (unpaired) electrons. The van der Waals surface area contributed by atoms with E-state index in [1.807, 2.05) is 6.92 Å². The molecule has 4 heteroatoms. The maximum Gasteiger partial charge on any atom is 0.149 e. The Balaban J connectivity index is 2.33. The molecule has 100 valence electrons. The lowest BCUT2D eigenvalue weighted by Crippen LogP contribution is -2.41. The van der Waals surface area contributed by atoms with Gasteiger partial charge in [-0.3, -0.25) is 0 Å². The number of nitrogens with zero attached hydrogens (tertiary/aromatic N) is 1. The van der Waals surface area contributed by atoms with E-state index in [2.05, 4.69) is 6.92 Å². The molecule has 0 amide bonds. The molecule has 1 heterocycles. The molecule has 1 aromatic rings. The second kappa shape index (κ2) is 5.22. The van der Waals surface area contributed by atoms with Gasteiger partial charge in [0.05, 0.1) is 6.61 Å². The van der Waals surface area contributed by atoms with E-state index in [0.29, 0.717) is 12.5 Å². The van der Waals surface area contributed by atoms with E-state index in [9.17, 15) is 8.78 Å². The number of anilines is 1. The van der Waals surface area contributed by atoms with E-state index in [-0.39, 0.29) is 23.9 Å². The first-order valence-electron chi connectivity index (χ1n) is 6.38. The standard InChI is InChI=1S/C14H19F2NO/c1-9-3-4-17(10(2)5-9)14-12(15)6-11(8-18)7-13(14)16/h6-7,9-10,18H,3-5,8H2,1-2H3. The summed E-state index contributed by atoms with van der Waals surface area (Å²) in [5, 5.41) is 8.93. The van der Waals surface area contributed by atoms with Gasteiger partial charge in [0.25, 0.3) is 0 Å². The summed E-state index contributed by atoms with van der Waals surface area (Å²) >= 11 is 0. The van der Waals surface area contributed by atoms with Crippen molar-refractivity contribution in [3.63, 3.8) is 0 Å². The lowest BCUT2D eigenvalue weighted by molar-refractivity contribution is 0.280. The average Bonchev–Trinajstić information content (AvgIpc) is 2.30. The van der Waals surface area contributed by atoms with E-state index in [0.717, 1.165) is 12.8 Å². The van der Waals surface area contributed by atoms with Gasteiger partial charge in [0, 0.05) is 12.6 Å². The predicted molar refractivity (Wildman–Crippen MR) is 67.5 cm³/mol. The summed E-state index contributed by atoms with van der Waals surface area (Å²) < 4.78 is 27.9. The zero-order valence-corrected chi connectivity index (χ0v) is 10.8. The van der Waals surface area contributed by atoms with Crippen LogP contribution in [-0.2, 0) is 6.61 Å². The molecule has 1 N–H and O–H groups in total. The number of hydrogen-bond acceptors (Lipinski definition) is 2. The summed E-state index contributed by atoms with van der Waals surface area (Å²) in [6.45, 7) is 4.49. The van der Waals surface area contributed by atoms with Crippen LogP contribution in [0, 0.1) is 17.6 Å². The number of halogens is 2. The fourth-order valence-corrected chi connectivity index (χ4v) is 2.72. The number of piperidine rings is 1. The van der Waals surface area contributed by atoms with Gasteiger partial charge in [-0.1, -0.05) is 6.92 Å². The van der Waals surface area contributed by atoms with Crippen molar-refractivity contribution in [2.75, 3.05) is 11.4 Å². The van der Waals surface area contributed by atoms with Crippen molar-refractivity contribution in [1.29, 1.82) is 0 Å². The number of hydrogen-bond donors (Lipinski definition) is 1. The third-order valence-corrected chi connectivity index (χ3v) is 3.68. The van der Waals surface area contributed by atoms with Crippen LogP contribution in [0.1, 0.15) is 32.3 Å². The summed E-state index contributed by atoms with van der Waals surface area (Å²) in [5.41, 5.74) is 0.318. The second-order valence-corrected chi connectivity index (χ2v) is 5.24. The maximum atomic E-state index is 14.0. The van der Waals surface area contributed by atoms with Crippen LogP contribution < -0.4 is 4.90 Å². The summed E-state index contributed by atoms with van der Waals surface area (Å²) in [6, 6.07) is 2.56. The minimum Gasteiger partial charge on any atom is -0.392 e. The minimum atomic E-state index is -0.583. The molecule has 18 heavy (non-hydrogen) atoms. The minimum absolute atomic E-state index is 0.0478. The molecule has 2 atom stereocenters. The van der Waals surface area contributed by atoms with Crippen molar-refractivity contribution in [3.05, 3.63) is 29.3 Å². The Bertz CT molecular complexity index is 413. The number of benzene rings is 1. The molecule has 2 rings (SSSR count). The molecule has 1 fully saturated rings. The number of rotatable bonds is 2. The normalized spacial score (nSPS) is 24.4. The predicted octanol–water partition coefficient (Wildman–Crippen LogP) is 3.08. The first kappa shape index (κ1) is 13.3. The van der Waals surface area contributed by atoms with E-state index in [4.69, 9.17) is 5.11 Å². The van der Waals surface area contributed by atoms with Crippen LogP contribution in [0.4, 0.5) is 14.5 Å². The first-order valence-corrected chi connectivity index (χ1v) is 6.38. The molecule has 0 spiro atoms. The highest BCUT2D eigenvalue weighted by Gasteiger charge is 2.27. The Morgan fingerprint density at radius 3 is 2.39 bits per heavy atom. The van der Waals surface area contributed by atoms with Crippen molar-refractivity contribution in [2.45, 2.75) is 39.3 Å². The molecule has 0 saturated carbocycles. The Hall–Kier alpha value is -1.16. The van der Waals surface area contributed by atoms with E-state index in [1.165, 1.54) is 12.1 Å². The van der Waals surface area contributed by atoms with Crippen LogP contribution >= 0.6 is 0 Å². The van der Waals surface area contributed by atoms with Crippen molar-refractivity contribution in [3.8, 4) is 0 Å². The fraction of sp³-hybridized carbons (Fsp3) is 0.571. The van der Waals surface area contributed by atoms with Crippen LogP contribution in [0.25, 0.3) is 0 Å². The summed E-state index contributed by atoms with van der Waals surface area (Å²) in [7, 11) is 0. The second-order valence-electron chi connectivity index (χ2n) is 5.24. The SMILES string of the molecule is CC1CCN(c2c(F)cc(CO)cc2F)C(C)C1. The third kappa shape index (κ3) is 2.48. The van der Waals surface area contributed by atoms with E-state index < -0.39 is 11.6 Å². The lowest BCUT2D eigenvalue weighted by atomic mass is 9.92. The number of aliphatic hydroxyl groups is 1. The summed E-state index contributed by atoms with van der Waals surface area (Å²) in [6.07, 6.45) is 1.89. The topological polar surface area (TPSA) is 23.5 Å². The zero-order valence-electron chi connectivity index (χ0n) is 10.8. The molecule has 1 saturated heterocycles. The highest BCUT2D eigenvalue weighted by Crippen LogP contribution is 2.32. The van der Waals surface area contributed by atoms with E-state index in [1.54, 1.807) is 4.90 Å². The molecular weight excluding hydrogens is 236 g/mol. The van der Waals surface area contributed by atoms with Crippen LogP contribution in [0.3, 0.4) is 0 Å². The quantitative estimate of drug-likeness (QED) is 0.878. The largest absolute Gasteiger partial charge is 0.392 e. The van der Waals surface area contributed by atoms with Crippen LogP contribution in [0.15, 0.2) is 12.1 Å². The van der Waals surface area contributed by atoms with Gasteiger partial charge < -0.3 is 10.0 Å². The molecule has 1 aliphatic rings.